The smallest absolute Gasteiger partial charge is 0.264 e. The van der Waals surface area contributed by atoms with Crippen molar-refractivity contribution in [1.82, 2.24) is 10.2 Å². The molecule has 4 aromatic carbocycles. The van der Waals surface area contributed by atoms with Crippen molar-refractivity contribution in [3.8, 4) is 0 Å². The second-order valence-corrected chi connectivity index (χ2v) is 13.5. The molecule has 2 amide bonds. The van der Waals surface area contributed by atoms with Crippen molar-refractivity contribution < 1.29 is 22.4 Å². The monoisotopic (exact) mass is 629 g/mol. The molecule has 0 aliphatic heterocycles. The molecule has 4 aromatic rings. The third-order valence-electron chi connectivity index (χ3n) is 7.48. The first kappa shape index (κ1) is 33.4. The molecule has 0 aliphatic carbocycles. The third kappa shape index (κ3) is 8.57. The highest BCUT2D eigenvalue weighted by molar-refractivity contribution is 7.92. The maximum absolute atomic E-state index is 14.5. The van der Waals surface area contributed by atoms with Crippen molar-refractivity contribution in [3.05, 3.63) is 131 Å². The van der Waals surface area contributed by atoms with Crippen LogP contribution in [0.5, 0.6) is 0 Å². The number of halogens is 1. The number of aryl methyl sites for hydroxylation is 3. The highest BCUT2D eigenvalue weighted by Crippen LogP contribution is 2.29. The normalized spacial score (nSPS) is 12.1. The van der Waals surface area contributed by atoms with Crippen LogP contribution in [0.4, 0.5) is 10.1 Å². The fourth-order valence-corrected chi connectivity index (χ4v) is 6.64. The minimum absolute atomic E-state index is 0.0343. The van der Waals surface area contributed by atoms with Gasteiger partial charge in [0.15, 0.2) is 0 Å². The van der Waals surface area contributed by atoms with E-state index >= 15 is 0 Å². The number of benzene rings is 4. The summed E-state index contributed by atoms with van der Waals surface area (Å²) >= 11 is 0. The van der Waals surface area contributed by atoms with E-state index in [-0.39, 0.29) is 29.8 Å². The number of carbonyl (C=O) groups is 2. The number of carbonyl (C=O) groups excluding carboxylic acids is 2. The van der Waals surface area contributed by atoms with Crippen LogP contribution in [0, 0.1) is 26.6 Å². The third-order valence-corrected chi connectivity index (χ3v) is 9.25. The fourth-order valence-electron chi connectivity index (χ4n) is 5.16. The molecule has 0 bridgehead atoms. The van der Waals surface area contributed by atoms with Crippen LogP contribution in [0.1, 0.15) is 41.7 Å². The predicted octanol–water partition coefficient (Wildman–Crippen LogP) is 6.11. The molecular formula is C36H40FN3O4S. The number of hydrogen-bond acceptors (Lipinski definition) is 4. The highest BCUT2D eigenvalue weighted by Gasteiger charge is 2.35. The van der Waals surface area contributed by atoms with Crippen LogP contribution >= 0.6 is 0 Å². The molecule has 0 aromatic heterocycles. The Hall–Kier alpha value is -4.50. The maximum atomic E-state index is 14.5. The van der Waals surface area contributed by atoms with E-state index in [2.05, 4.69) is 5.32 Å². The second kappa shape index (κ2) is 14.5. The molecule has 0 saturated heterocycles. The molecule has 0 spiro atoms. The zero-order valence-electron chi connectivity index (χ0n) is 26.3. The van der Waals surface area contributed by atoms with Gasteiger partial charge >= 0.3 is 0 Å². The molecule has 9 heteroatoms. The van der Waals surface area contributed by atoms with Crippen LogP contribution < -0.4 is 9.62 Å². The predicted molar refractivity (Wildman–Crippen MR) is 176 cm³/mol. The molecule has 0 saturated carbocycles. The molecular weight excluding hydrogens is 589 g/mol. The SMILES string of the molecule is Cc1ccc(S(=O)(=O)N(CC(=O)N(Cc2ccc(F)cc2)[C@H](Cc2ccccc2)C(=O)NC(C)C)c2ccc(C)cc2C)cc1. The molecule has 1 N–H and O–H groups in total. The first-order valence-corrected chi connectivity index (χ1v) is 16.3. The van der Waals surface area contributed by atoms with Crippen LogP contribution in [-0.2, 0) is 32.6 Å². The van der Waals surface area contributed by atoms with E-state index in [1.54, 1.807) is 43.3 Å². The molecule has 4 rings (SSSR count). The first-order valence-electron chi connectivity index (χ1n) is 14.9. The van der Waals surface area contributed by atoms with Crippen LogP contribution in [0.3, 0.4) is 0 Å². The number of nitrogens with zero attached hydrogens (tertiary/aromatic N) is 2. The van der Waals surface area contributed by atoms with Gasteiger partial charge in [0.2, 0.25) is 11.8 Å². The molecule has 0 fully saturated rings. The lowest BCUT2D eigenvalue weighted by Crippen LogP contribution is -2.54. The summed E-state index contributed by atoms with van der Waals surface area (Å²) in [5, 5.41) is 2.93. The lowest BCUT2D eigenvalue weighted by molar-refractivity contribution is -0.140. The van der Waals surface area contributed by atoms with E-state index in [9.17, 15) is 22.4 Å². The number of rotatable bonds is 12. The summed E-state index contributed by atoms with van der Waals surface area (Å²) in [4.78, 5) is 29.7. The molecule has 0 heterocycles. The zero-order valence-corrected chi connectivity index (χ0v) is 27.1. The van der Waals surface area contributed by atoms with Gasteiger partial charge in [0.05, 0.1) is 10.6 Å². The molecule has 0 radical (unpaired) electrons. The van der Waals surface area contributed by atoms with Crippen LogP contribution in [-0.4, -0.2) is 43.8 Å². The fraction of sp³-hybridized carbons (Fsp3) is 0.278. The maximum Gasteiger partial charge on any atom is 0.264 e. The summed E-state index contributed by atoms with van der Waals surface area (Å²) in [6, 6.07) is 25.7. The summed E-state index contributed by atoms with van der Waals surface area (Å²) in [5.41, 5.74) is 4.32. The van der Waals surface area contributed by atoms with E-state index in [0.717, 1.165) is 21.0 Å². The van der Waals surface area contributed by atoms with Crippen molar-refractivity contribution in [3.63, 3.8) is 0 Å². The van der Waals surface area contributed by atoms with E-state index in [1.165, 1.54) is 29.2 Å². The standard InChI is InChI=1S/C36H40FN3O4S/c1-25(2)38-36(42)34(22-29-9-7-6-8-10-29)39(23-30-14-16-31(37)17-15-30)35(41)24-40(33-20-13-27(4)21-28(33)5)45(43,44)32-18-11-26(3)12-19-32/h6-21,25,34H,22-24H2,1-5H3,(H,38,42)/t34-/m1/s1. The quantitative estimate of drug-likeness (QED) is 0.205. The van der Waals surface area contributed by atoms with Gasteiger partial charge in [-0.2, -0.15) is 0 Å². The average molecular weight is 630 g/mol. The van der Waals surface area contributed by atoms with Crippen molar-refractivity contribution in [1.29, 1.82) is 0 Å². The molecule has 236 valence electrons. The summed E-state index contributed by atoms with van der Waals surface area (Å²) in [6.07, 6.45) is 0.195. The van der Waals surface area contributed by atoms with E-state index in [1.807, 2.05) is 64.1 Å². The highest BCUT2D eigenvalue weighted by atomic mass is 32.2. The number of nitrogens with one attached hydrogen (secondary N) is 1. The van der Waals surface area contributed by atoms with Gasteiger partial charge in [0.1, 0.15) is 18.4 Å². The van der Waals surface area contributed by atoms with Gasteiger partial charge < -0.3 is 10.2 Å². The minimum Gasteiger partial charge on any atom is -0.352 e. The van der Waals surface area contributed by atoms with Gasteiger partial charge in [0.25, 0.3) is 10.0 Å². The van der Waals surface area contributed by atoms with Crippen LogP contribution in [0.25, 0.3) is 0 Å². The van der Waals surface area contributed by atoms with Crippen molar-refractivity contribution in [2.45, 2.75) is 64.6 Å². The Kier molecular flexibility index (Phi) is 10.8. The average Bonchev–Trinajstić information content (AvgIpc) is 2.99. The van der Waals surface area contributed by atoms with Gasteiger partial charge in [0, 0.05) is 19.0 Å². The second-order valence-electron chi connectivity index (χ2n) is 11.6. The lowest BCUT2D eigenvalue weighted by Gasteiger charge is -2.34. The molecule has 45 heavy (non-hydrogen) atoms. The van der Waals surface area contributed by atoms with Crippen LogP contribution in [0.15, 0.2) is 102 Å². The van der Waals surface area contributed by atoms with Gasteiger partial charge in [-0.15, -0.1) is 0 Å². The van der Waals surface area contributed by atoms with E-state index < -0.39 is 34.3 Å². The molecule has 0 unspecified atom stereocenters. The number of amides is 2. The van der Waals surface area contributed by atoms with E-state index in [4.69, 9.17) is 0 Å². The minimum atomic E-state index is -4.20. The number of sulfonamides is 1. The van der Waals surface area contributed by atoms with E-state index in [0.29, 0.717) is 16.8 Å². The lowest BCUT2D eigenvalue weighted by atomic mass is 10.0. The van der Waals surface area contributed by atoms with Crippen molar-refractivity contribution >= 4 is 27.5 Å². The van der Waals surface area contributed by atoms with Crippen LogP contribution in [0.2, 0.25) is 0 Å². The molecule has 1 atom stereocenters. The van der Waals surface area contributed by atoms with Gasteiger partial charge in [-0.05, 0) is 81.6 Å². The number of hydrogen-bond donors (Lipinski definition) is 1. The van der Waals surface area contributed by atoms with Gasteiger partial charge in [-0.3, -0.25) is 13.9 Å². The van der Waals surface area contributed by atoms with Gasteiger partial charge in [-0.1, -0.05) is 77.9 Å². The largest absolute Gasteiger partial charge is 0.352 e. The summed E-state index contributed by atoms with van der Waals surface area (Å²) in [6.45, 7) is 8.65. The Morgan fingerprint density at radius 1 is 0.800 bits per heavy atom. The Bertz CT molecular complexity index is 1720. The van der Waals surface area contributed by atoms with Gasteiger partial charge in [-0.25, -0.2) is 12.8 Å². The zero-order chi connectivity index (χ0) is 32.7. The summed E-state index contributed by atoms with van der Waals surface area (Å²) in [7, 11) is -4.20. The van der Waals surface area contributed by atoms with Crippen molar-refractivity contribution in [2.75, 3.05) is 10.8 Å². The summed E-state index contributed by atoms with van der Waals surface area (Å²) < 4.78 is 43.4. The Morgan fingerprint density at radius 3 is 2.02 bits per heavy atom. The number of anilines is 1. The summed E-state index contributed by atoms with van der Waals surface area (Å²) in [5.74, 6) is -1.38. The Balaban J connectivity index is 1.82. The topological polar surface area (TPSA) is 86.8 Å². The Labute approximate surface area is 265 Å². The Morgan fingerprint density at radius 2 is 1.42 bits per heavy atom. The van der Waals surface area contributed by atoms with Crippen molar-refractivity contribution in [2.24, 2.45) is 0 Å². The first-order chi connectivity index (χ1) is 21.3. The molecule has 0 aliphatic rings. The molecule has 7 nitrogen and oxygen atoms in total.